The highest BCUT2D eigenvalue weighted by atomic mass is 32.1. The molecule has 1 aliphatic heterocycles. The van der Waals surface area contributed by atoms with E-state index in [4.69, 9.17) is 5.11 Å². The van der Waals surface area contributed by atoms with Gasteiger partial charge in [0.1, 0.15) is 4.88 Å². The van der Waals surface area contributed by atoms with Crippen molar-refractivity contribution in [3.63, 3.8) is 0 Å². The molecule has 0 radical (unpaired) electrons. The van der Waals surface area contributed by atoms with Crippen LogP contribution in [-0.4, -0.2) is 52.4 Å². The fourth-order valence-corrected chi connectivity index (χ4v) is 2.32. The van der Waals surface area contributed by atoms with Crippen LogP contribution in [0.2, 0.25) is 0 Å². The number of carbonyl (C=O) groups is 3. The first kappa shape index (κ1) is 12.5. The molecular formula is C10H11N3O4S. The second-order valence-corrected chi connectivity index (χ2v) is 4.76. The van der Waals surface area contributed by atoms with Gasteiger partial charge in [-0.05, 0) is 0 Å². The number of nitrogens with zero attached hydrogens (tertiary/aromatic N) is 2. The van der Waals surface area contributed by atoms with Gasteiger partial charge in [-0.25, -0.2) is 9.78 Å². The van der Waals surface area contributed by atoms with Crippen LogP contribution in [0.25, 0.3) is 0 Å². The van der Waals surface area contributed by atoms with E-state index in [2.05, 4.69) is 10.3 Å². The quantitative estimate of drug-likeness (QED) is 0.774. The highest BCUT2D eigenvalue weighted by molar-refractivity contribution is 7.15. The van der Waals surface area contributed by atoms with Gasteiger partial charge in [0.15, 0.2) is 0 Å². The van der Waals surface area contributed by atoms with Crippen LogP contribution in [0.4, 0.5) is 0 Å². The number of nitrogens with one attached hydrogen (secondary N) is 1. The molecule has 7 nitrogen and oxygen atoms in total. The molecule has 0 atom stereocenters. The van der Waals surface area contributed by atoms with Crippen LogP contribution < -0.4 is 5.32 Å². The lowest BCUT2D eigenvalue weighted by Gasteiger charge is -2.17. The van der Waals surface area contributed by atoms with Crippen molar-refractivity contribution in [2.75, 3.05) is 19.6 Å². The summed E-state index contributed by atoms with van der Waals surface area (Å²) in [6.07, 6.45) is 1.52. The first-order chi connectivity index (χ1) is 8.58. The normalized spacial score (nSPS) is 16.0. The van der Waals surface area contributed by atoms with Gasteiger partial charge in [-0.3, -0.25) is 9.59 Å². The van der Waals surface area contributed by atoms with Gasteiger partial charge in [-0.2, -0.15) is 0 Å². The van der Waals surface area contributed by atoms with Crippen molar-refractivity contribution in [1.29, 1.82) is 0 Å². The topological polar surface area (TPSA) is 99.6 Å². The third-order valence-electron chi connectivity index (χ3n) is 2.50. The highest BCUT2D eigenvalue weighted by Crippen LogP contribution is 2.15. The predicted molar refractivity (Wildman–Crippen MR) is 62.6 cm³/mol. The van der Waals surface area contributed by atoms with Crippen molar-refractivity contribution in [1.82, 2.24) is 15.2 Å². The summed E-state index contributed by atoms with van der Waals surface area (Å²) in [6, 6.07) is 0. The molecular weight excluding hydrogens is 258 g/mol. The van der Waals surface area contributed by atoms with Crippen LogP contribution >= 0.6 is 11.3 Å². The minimum atomic E-state index is -1.15. The fraction of sp³-hybridized carbons (Fsp3) is 0.400. The Labute approximate surface area is 106 Å². The van der Waals surface area contributed by atoms with Gasteiger partial charge in [-0.15, -0.1) is 11.3 Å². The molecule has 0 unspecified atom stereocenters. The van der Waals surface area contributed by atoms with Gasteiger partial charge in [-0.1, -0.05) is 0 Å². The average Bonchev–Trinajstić information content (AvgIpc) is 2.73. The molecule has 1 aromatic rings. The van der Waals surface area contributed by atoms with Crippen molar-refractivity contribution in [2.24, 2.45) is 0 Å². The summed E-state index contributed by atoms with van der Waals surface area (Å²) in [5.74, 6) is -1.51. The zero-order valence-electron chi connectivity index (χ0n) is 9.38. The number of carboxylic acid groups (broad SMARTS) is 1. The van der Waals surface area contributed by atoms with Gasteiger partial charge in [0, 0.05) is 26.1 Å². The maximum absolute atomic E-state index is 12.1. The molecule has 2 amide bonds. The molecule has 1 aliphatic rings. The van der Waals surface area contributed by atoms with E-state index in [1.807, 2.05) is 0 Å². The van der Waals surface area contributed by atoms with Crippen LogP contribution in [0, 0.1) is 0 Å². The van der Waals surface area contributed by atoms with Crippen LogP contribution in [0.1, 0.15) is 25.9 Å². The van der Waals surface area contributed by atoms with Crippen molar-refractivity contribution in [3.8, 4) is 0 Å². The Morgan fingerprint density at radius 2 is 2.22 bits per heavy atom. The number of carboxylic acids is 1. The number of amides is 2. The lowest BCUT2D eigenvalue weighted by atomic mass is 10.3. The lowest BCUT2D eigenvalue weighted by molar-refractivity contribution is -0.120. The number of carbonyl (C=O) groups excluding carboxylic acids is 2. The fourth-order valence-electron chi connectivity index (χ4n) is 1.60. The number of rotatable bonds is 2. The number of thiazole rings is 1. The summed E-state index contributed by atoms with van der Waals surface area (Å²) in [6.45, 7) is 1.17. The summed E-state index contributed by atoms with van der Waals surface area (Å²) in [4.78, 5) is 39.3. The molecule has 18 heavy (non-hydrogen) atoms. The molecule has 0 aromatic carbocycles. The molecule has 96 valence electrons. The summed E-state index contributed by atoms with van der Waals surface area (Å²) < 4.78 is 0. The molecule has 0 bridgehead atoms. The second kappa shape index (κ2) is 5.13. The zero-order valence-corrected chi connectivity index (χ0v) is 10.2. The molecule has 2 N–H and O–H groups in total. The van der Waals surface area contributed by atoms with Gasteiger partial charge < -0.3 is 15.3 Å². The van der Waals surface area contributed by atoms with Crippen LogP contribution in [-0.2, 0) is 4.79 Å². The maximum atomic E-state index is 12.1. The Morgan fingerprint density at radius 1 is 1.44 bits per heavy atom. The van der Waals surface area contributed by atoms with Gasteiger partial charge in [0.05, 0.1) is 6.20 Å². The Kier molecular flexibility index (Phi) is 3.56. The lowest BCUT2D eigenvalue weighted by Crippen LogP contribution is -2.33. The van der Waals surface area contributed by atoms with Gasteiger partial charge in [0.25, 0.3) is 5.91 Å². The molecule has 1 saturated heterocycles. The molecule has 2 rings (SSSR count). The van der Waals surface area contributed by atoms with Crippen LogP contribution in [0.3, 0.4) is 0 Å². The van der Waals surface area contributed by atoms with Crippen LogP contribution in [0.15, 0.2) is 6.20 Å². The van der Waals surface area contributed by atoms with Crippen molar-refractivity contribution >= 4 is 29.1 Å². The van der Waals surface area contributed by atoms with Crippen molar-refractivity contribution in [2.45, 2.75) is 6.42 Å². The van der Waals surface area contributed by atoms with E-state index in [1.54, 1.807) is 0 Å². The van der Waals surface area contributed by atoms with E-state index in [9.17, 15) is 14.4 Å². The van der Waals surface area contributed by atoms with Gasteiger partial charge >= 0.3 is 5.97 Å². The molecule has 1 aromatic heterocycles. The zero-order chi connectivity index (χ0) is 13.1. The molecule has 0 spiro atoms. The number of aromatic carboxylic acids is 1. The third-order valence-corrected chi connectivity index (χ3v) is 3.47. The summed E-state index contributed by atoms with van der Waals surface area (Å²) in [5.41, 5.74) is 0. The van der Waals surface area contributed by atoms with E-state index in [-0.39, 0.29) is 28.1 Å². The Morgan fingerprint density at radius 3 is 2.89 bits per heavy atom. The molecule has 8 heteroatoms. The Balaban J connectivity index is 2.09. The van der Waals surface area contributed by atoms with Crippen LogP contribution in [0.5, 0.6) is 0 Å². The number of aromatic nitrogens is 1. The van der Waals surface area contributed by atoms with E-state index in [0.29, 0.717) is 19.6 Å². The highest BCUT2D eigenvalue weighted by Gasteiger charge is 2.22. The minimum absolute atomic E-state index is 0.0826. The summed E-state index contributed by atoms with van der Waals surface area (Å²) >= 11 is 0.843. The molecule has 2 heterocycles. The van der Waals surface area contributed by atoms with Crippen molar-refractivity contribution < 1.29 is 19.5 Å². The Hall–Kier alpha value is -1.96. The Bertz CT molecular complexity index is 499. The first-order valence-electron chi connectivity index (χ1n) is 5.33. The minimum Gasteiger partial charge on any atom is -0.476 e. The van der Waals surface area contributed by atoms with E-state index in [1.165, 1.54) is 11.1 Å². The third kappa shape index (κ3) is 2.65. The summed E-state index contributed by atoms with van der Waals surface area (Å²) in [7, 11) is 0. The van der Waals surface area contributed by atoms with Crippen molar-refractivity contribution in [3.05, 3.63) is 16.1 Å². The smallest absolute Gasteiger partial charge is 0.365 e. The maximum Gasteiger partial charge on any atom is 0.365 e. The first-order valence-corrected chi connectivity index (χ1v) is 6.14. The molecule has 0 aliphatic carbocycles. The monoisotopic (exact) mass is 269 g/mol. The molecule has 1 fully saturated rings. The average molecular weight is 269 g/mol. The largest absolute Gasteiger partial charge is 0.476 e. The standard InChI is InChI=1S/C10H11N3O4S/c14-7-1-3-13(4-2-11-7)9(15)6-5-12-8(18-6)10(16)17/h5H,1-4H2,(H,11,14)(H,16,17). The predicted octanol–water partition coefficient (Wildman–Crippen LogP) is -0.197. The summed E-state index contributed by atoms with van der Waals surface area (Å²) in [5, 5.41) is 11.3. The van der Waals surface area contributed by atoms with E-state index in [0.717, 1.165) is 11.3 Å². The van der Waals surface area contributed by atoms with E-state index < -0.39 is 5.97 Å². The number of hydrogen-bond donors (Lipinski definition) is 2. The van der Waals surface area contributed by atoms with E-state index >= 15 is 0 Å². The SMILES string of the molecule is O=C1CCN(C(=O)c2cnc(C(=O)O)s2)CCN1. The van der Waals surface area contributed by atoms with Gasteiger partial charge in [0.2, 0.25) is 10.9 Å². The number of hydrogen-bond acceptors (Lipinski definition) is 5. The molecule has 0 saturated carbocycles. The second-order valence-electron chi connectivity index (χ2n) is 3.73.